The van der Waals surface area contributed by atoms with Crippen LogP contribution in [0.4, 0.5) is 5.82 Å². The minimum Gasteiger partial charge on any atom is -0.390 e. The van der Waals surface area contributed by atoms with E-state index in [1.54, 1.807) is 17.1 Å². The molecule has 3 rings (SSSR count). The van der Waals surface area contributed by atoms with Crippen LogP contribution < -0.4 is 4.90 Å². The van der Waals surface area contributed by atoms with Gasteiger partial charge in [-0.15, -0.1) is 5.10 Å². The average Bonchev–Trinajstić information content (AvgIpc) is 3.19. The Morgan fingerprint density at radius 2 is 2.30 bits per heavy atom. The van der Waals surface area contributed by atoms with Crippen molar-refractivity contribution in [2.45, 2.75) is 31.5 Å². The number of rotatable bonds is 7. The topological polar surface area (TPSA) is 70.3 Å². The Bertz CT molecular complexity index is 576. The van der Waals surface area contributed by atoms with Gasteiger partial charge in [0.2, 0.25) is 0 Å². The third-order valence-electron chi connectivity index (χ3n) is 4.23. The zero-order valence-corrected chi connectivity index (χ0v) is 13.5. The standard InChI is InChI=1S/C16H24N6O/c1-20(12-15(23)13-21-9-4-8-18-21)11-14-5-3-10-22(14)16-6-2-7-17-19-16/h2,4,6-9,14-15,23H,3,5,10-13H2,1H3/t14-,15+/m1/s1. The third-order valence-corrected chi connectivity index (χ3v) is 4.23. The molecule has 0 unspecified atom stereocenters. The number of aliphatic hydroxyl groups is 1. The molecule has 23 heavy (non-hydrogen) atoms. The Kier molecular flexibility index (Phi) is 5.19. The van der Waals surface area contributed by atoms with Gasteiger partial charge in [-0.25, -0.2) is 0 Å². The number of aromatic nitrogens is 4. The predicted molar refractivity (Wildman–Crippen MR) is 88.1 cm³/mol. The van der Waals surface area contributed by atoms with Crippen molar-refractivity contribution in [2.24, 2.45) is 0 Å². The number of hydrogen-bond acceptors (Lipinski definition) is 6. The molecule has 2 aromatic heterocycles. The van der Waals surface area contributed by atoms with Crippen molar-refractivity contribution in [1.82, 2.24) is 24.9 Å². The van der Waals surface area contributed by atoms with E-state index >= 15 is 0 Å². The van der Waals surface area contributed by atoms with E-state index in [-0.39, 0.29) is 0 Å². The van der Waals surface area contributed by atoms with E-state index in [1.165, 1.54) is 6.42 Å². The van der Waals surface area contributed by atoms with Crippen LogP contribution in [0.3, 0.4) is 0 Å². The summed E-state index contributed by atoms with van der Waals surface area (Å²) in [7, 11) is 2.06. The summed E-state index contributed by atoms with van der Waals surface area (Å²) in [6.07, 6.45) is 7.20. The number of hydrogen-bond donors (Lipinski definition) is 1. The van der Waals surface area contributed by atoms with Gasteiger partial charge in [-0.2, -0.15) is 10.2 Å². The van der Waals surface area contributed by atoms with Gasteiger partial charge in [-0.3, -0.25) is 4.68 Å². The smallest absolute Gasteiger partial charge is 0.151 e. The molecule has 1 aliphatic rings. The van der Waals surface area contributed by atoms with Gasteiger partial charge >= 0.3 is 0 Å². The van der Waals surface area contributed by atoms with Crippen LogP contribution in [-0.4, -0.2) is 68.8 Å². The normalized spacial score (nSPS) is 19.4. The quantitative estimate of drug-likeness (QED) is 0.808. The number of likely N-dealkylation sites (N-methyl/N-ethyl adjacent to an activating group) is 1. The molecule has 3 heterocycles. The third kappa shape index (κ3) is 4.27. The average molecular weight is 316 g/mol. The summed E-state index contributed by atoms with van der Waals surface area (Å²) in [5.74, 6) is 0.945. The van der Waals surface area contributed by atoms with E-state index in [9.17, 15) is 5.11 Å². The van der Waals surface area contributed by atoms with Gasteiger partial charge in [0.05, 0.1) is 12.6 Å². The van der Waals surface area contributed by atoms with Crippen molar-refractivity contribution in [3.63, 3.8) is 0 Å². The maximum atomic E-state index is 10.2. The van der Waals surface area contributed by atoms with Crippen molar-refractivity contribution in [3.8, 4) is 0 Å². The molecule has 0 spiro atoms. The van der Waals surface area contributed by atoms with E-state index < -0.39 is 6.10 Å². The highest BCUT2D eigenvalue weighted by atomic mass is 16.3. The van der Waals surface area contributed by atoms with Gasteiger partial charge in [0.25, 0.3) is 0 Å². The molecule has 0 aliphatic carbocycles. The summed E-state index contributed by atoms with van der Waals surface area (Å²) in [4.78, 5) is 4.51. The highest BCUT2D eigenvalue weighted by Crippen LogP contribution is 2.23. The molecule has 1 fully saturated rings. The Hall–Kier alpha value is -1.99. The zero-order valence-electron chi connectivity index (χ0n) is 13.5. The fourth-order valence-electron chi connectivity index (χ4n) is 3.25. The van der Waals surface area contributed by atoms with Crippen LogP contribution in [0.25, 0.3) is 0 Å². The lowest BCUT2D eigenvalue weighted by Gasteiger charge is -2.30. The summed E-state index contributed by atoms with van der Waals surface area (Å²) < 4.78 is 1.76. The summed E-state index contributed by atoms with van der Waals surface area (Å²) in [5.41, 5.74) is 0. The Labute approximate surface area is 136 Å². The fourth-order valence-corrected chi connectivity index (χ4v) is 3.25. The van der Waals surface area contributed by atoms with Crippen LogP contribution in [0.1, 0.15) is 12.8 Å². The minimum atomic E-state index is -0.425. The molecule has 1 N–H and O–H groups in total. The van der Waals surface area contributed by atoms with E-state index in [2.05, 4.69) is 32.1 Å². The first kappa shape index (κ1) is 15.9. The molecular formula is C16H24N6O. The number of anilines is 1. The molecule has 0 amide bonds. The summed E-state index contributed by atoms with van der Waals surface area (Å²) in [6.45, 7) is 3.08. The summed E-state index contributed by atoms with van der Waals surface area (Å²) in [6, 6.07) is 6.23. The number of nitrogens with zero attached hydrogens (tertiary/aromatic N) is 6. The monoisotopic (exact) mass is 316 g/mol. The molecule has 0 aromatic carbocycles. The first-order valence-corrected chi connectivity index (χ1v) is 8.11. The van der Waals surface area contributed by atoms with Gasteiger partial charge in [0.15, 0.2) is 5.82 Å². The SMILES string of the molecule is CN(C[C@H](O)Cn1cccn1)C[C@H]1CCCN1c1cccnn1. The second-order valence-corrected chi connectivity index (χ2v) is 6.17. The molecule has 0 saturated carbocycles. The van der Waals surface area contributed by atoms with Gasteiger partial charge < -0.3 is 14.9 Å². The Balaban J connectivity index is 1.51. The van der Waals surface area contributed by atoms with E-state index in [4.69, 9.17) is 0 Å². The van der Waals surface area contributed by atoms with Crippen LogP contribution in [-0.2, 0) is 6.54 Å². The molecule has 2 aromatic rings. The van der Waals surface area contributed by atoms with E-state index in [0.717, 1.165) is 25.3 Å². The molecular weight excluding hydrogens is 292 g/mol. The van der Waals surface area contributed by atoms with E-state index in [1.807, 2.05) is 24.4 Å². The molecule has 1 saturated heterocycles. The second-order valence-electron chi connectivity index (χ2n) is 6.17. The first-order chi connectivity index (χ1) is 11.2. The highest BCUT2D eigenvalue weighted by Gasteiger charge is 2.27. The molecule has 0 bridgehead atoms. The molecule has 7 heteroatoms. The zero-order chi connectivity index (χ0) is 16.1. The van der Waals surface area contributed by atoms with Crippen LogP contribution in [0.15, 0.2) is 36.8 Å². The summed E-state index contributed by atoms with van der Waals surface area (Å²) >= 11 is 0. The van der Waals surface area contributed by atoms with Crippen LogP contribution in [0.2, 0.25) is 0 Å². The fraction of sp³-hybridized carbons (Fsp3) is 0.562. The summed E-state index contributed by atoms with van der Waals surface area (Å²) in [5, 5.41) is 22.5. The maximum Gasteiger partial charge on any atom is 0.151 e. The van der Waals surface area contributed by atoms with Gasteiger partial charge in [-0.05, 0) is 38.1 Å². The molecule has 0 radical (unpaired) electrons. The van der Waals surface area contributed by atoms with Crippen molar-refractivity contribution < 1.29 is 5.11 Å². The van der Waals surface area contributed by atoms with Gasteiger partial charge in [-0.1, -0.05) is 0 Å². The minimum absolute atomic E-state index is 0.425. The molecule has 124 valence electrons. The predicted octanol–water partition coefficient (Wildman–Crippen LogP) is 0.635. The van der Waals surface area contributed by atoms with Crippen molar-refractivity contribution in [1.29, 1.82) is 0 Å². The van der Waals surface area contributed by atoms with E-state index in [0.29, 0.717) is 19.1 Å². The van der Waals surface area contributed by atoms with Gasteiger partial charge in [0, 0.05) is 44.3 Å². The van der Waals surface area contributed by atoms with Gasteiger partial charge in [0.1, 0.15) is 0 Å². The highest BCUT2D eigenvalue weighted by molar-refractivity contribution is 5.39. The van der Waals surface area contributed by atoms with Crippen molar-refractivity contribution in [3.05, 3.63) is 36.8 Å². The number of aliphatic hydroxyl groups excluding tert-OH is 1. The van der Waals surface area contributed by atoms with Crippen LogP contribution in [0, 0.1) is 0 Å². The Morgan fingerprint density at radius 1 is 1.39 bits per heavy atom. The lowest BCUT2D eigenvalue weighted by molar-refractivity contribution is 0.104. The van der Waals surface area contributed by atoms with Crippen molar-refractivity contribution in [2.75, 3.05) is 31.6 Å². The van der Waals surface area contributed by atoms with Crippen LogP contribution >= 0.6 is 0 Å². The lowest BCUT2D eigenvalue weighted by atomic mass is 10.2. The molecule has 2 atom stereocenters. The van der Waals surface area contributed by atoms with Crippen LogP contribution in [0.5, 0.6) is 0 Å². The lowest BCUT2D eigenvalue weighted by Crippen LogP contribution is -2.42. The first-order valence-electron chi connectivity index (χ1n) is 8.11. The Morgan fingerprint density at radius 3 is 3.04 bits per heavy atom. The molecule has 7 nitrogen and oxygen atoms in total. The maximum absolute atomic E-state index is 10.2. The largest absolute Gasteiger partial charge is 0.390 e. The second kappa shape index (κ2) is 7.52. The van der Waals surface area contributed by atoms with Crippen molar-refractivity contribution >= 4 is 5.82 Å². The molecule has 1 aliphatic heterocycles.